The fourth-order valence-electron chi connectivity index (χ4n) is 1.55. The van der Waals surface area contributed by atoms with Crippen LogP contribution in [0.1, 0.15) is 24.3 Å². The molecule has 1 unspecified atom stereocenters. The van der Waals surface area contributed by atoms with Crippen LogP contribution in [0.2, 0.25) is 0 Å². The van der Waals surface area contributed by atoms with Gasteiger partial charge in [0, 0.05) is 16.1 Å². The molecule has 0 saturated carbocycles. The number of benzene rings is 1. The topological polar surface area (TPSA) is 48.4 Å². The minimum atomic E-state index is -0.0703. The van der Waals surface area contributed by atoms with E-state index < -0.39 is 0 Å². The van der Waals surface area contributed by atoms with Crippen LogP contribution in [0.15, 0.2) is 45.5 Å². The molecular weight excluding hydrogens is 282 g/mol. The summed E-state index contributed by atoms with van der Waals surface area (Å²) in [6, 6.07) is 9.47. The Morgan fingerprint density at radius 1 is 1.41 bits per heavy atom. The summed E-state index contributed by atoms with van der Waals surface area (Å²) in [6.07, 6.45) is 1.63. The van der Waals surface area contributed by atoms with Crippen LogP contribution in [0.3, 0.4) is 0 Å². The molecule has 4 heteroatoms. The molecule has 0 aliphatic carbocycles. The fourth-order valence-corrected chi connectivity index (χ4v) is 1.93. The van der Waals surface area contributed by atoms with Gasteiger partial charge in [0.25, 0.3) is 0 Å². The Hall–Kier alpha value is -1.26. The predicted molar refractivity (Wildman–Crippen MR) is 69.8 cm³/mol. The van der Waals surface area contributed by atoms with Gasteiger partial charge in [0.1, 0.15) is 18.1 Å². The number of nitrogens with two attached hydrogens (primary N) is 1. The maximum atomic E-state index is 5.91. The minimum absolute atomic E-state index is 0.0703. The first kappa shape index (κ1) is 12.2. The molecule has 0 fully saturated rings. The third kappa shape index (κ3) is 3.11. The number of furan rings is 1. The molecule has 0 radical (unpaired) electrons. The fraction of sp³-hybridized carbons (Fsp3) is 0.231. The highest BCUT2D eigenvalue weighted by atomic mass is 79.9. The van der Waals surface area contributed by atoms with Crippen LogP contribution in [-0.2, 0) is 6.61 Å². The van der Waals surface area contributed by atoms with Gasteiger partial charge in [0.2, 0.25) is 0 Å². The Morgan fingerprint density at radius 3 is 2.88 bits per heavy atom. The Kier molecular flexibility index (Phi) is 3.86. The summed E-state index contributed by atoms with van der Waals surface area (Å²) in [7, 11) is 0. The van der Waals surface area contributed by atoms with Crippen molar-refractivity contribution < 1.29 is 9.15 Å². The van der Waals surface area contributed by atoms with Gasteiger partial charge in [0.05, 0.1) is 6.26 Å². The molecule has 1 aromatic carbocycles. The summed E-state index contributed by atoms with van der Waals surface area (Å²) in [5.74, 6) is 1.59. The third-order valence-electron chi connectivity index (χ3n) is 2.41. The van der Waals surface area contributed by atoms with Gasteiger partial charge < -0.3 is 14.9 Å². The molecule has 1 aromatic heterocycles. The third-order valence-corrected chi connectivity index (χ3v) is 2.91. The molecule has 0 aliphatic rings. The van der Waals surface area contributed by atoms with Crippen molar-refractivity contribution >= 4 is 15.9 Å². The molecule has 2 N–H and O–H groups in total. The van der Waals surface area contributed by atoms with Crippen molar-refractivity contribution in [3.63, 3.8) is 0 Å². The number of rotatable bonds is 4. The second-order valence-electron chi connectivity index (χ2n) is 3.84. The lowest BCUT2D eigenvalue weighted by atomic mass is 10.1. The predicted octanol–water partition coefficient (Wildman–Crippen LogP) is 3.64. The van der Waals surface area contributed by atoms with Crippen LogP contribution in [0.4, 0.5) is 0 Å². The molecular formula is C13H14BrNO2. The van der Waals surface area contributed by atoms with Gasteiger partial charge >= 0.3 is 0 Å². The maximum absolute atomic E-state index is 5.91. The Bertz CT molecular complexity index is 480. The van der Waals surface area contributed by atoms with E-state index in [1.807, 2.05) is 37.3 Å². The first-order valence-electron chi connectivity index (χ1n) is 5.37. The lowest BCUT2D eigenvalue weighted by Gasteiger charge is -2.13. The SMILES string of the molecule is CC(N)c1cc(Br)ccc1OCc1ccco1. The van der Waals surface area contributed by atoms with Gasteiger partial charge in [-0.25, -0.2) is 0 Å². The zero-order valence-corrected chi connectivity index (χ0v) is 11.1. The lowest BCUT2D eigenvalue weighted by Crippen LogP contribution is -2.08. The van der Waals surface area contributed by atoms with Crippen LogP contribution in [0, 0.1) is 0 Å². The molecule has 0 amide bonds. The molecule has 1 heterocycles. The van der Waals surface area contributed by atoms with Crippen molar-refractivity contribution in [1.29, 1.82) is 0 Å². The second-order valence-corrected chi connectivity index (χ2v) is 4.75. The van der Waals surface area contributed by atoms with Crippen molar-refractivity contribution in [1.82, 2.24) is 0 Å². The number of halogens is 1. The minimum Gasteiger partial charge on any atom is -0.485 e. The van der Waals surface area contributed by atoms with E-state index in [9.17, 15) is 0 Å². The van der Waals surface area contributed by atoms with E-state index >= 15 is 0 Å². The zero-order valence-electron chi connectivity index (χ0n) is 9.52. The van der Waals surface area contributed by atoms with E-state index in [2.05, 4.69) is 15.9 Å². The Labute approximate surface area is 109 Å². The largest absolute Gasteiger partial charge is 0.485 e. The van der Waals surface area contributed by atoms with Crippen molar-refractivity contribution in [2.75, 3.05) is 0 Å². The highest BCUT2D eigenvalue weighted by Crippen LogP contribution is 2.28. The summed E-state index contributed by atoms with van der Waals surface area (Å²) in [5, 5.41) is 0. The van der Waals surface area contributed by atoms with Gasteiger partial charge in [-0.05, 0) is 37.3 Å². The van der Waals surface area contributed by atoms with Gasteiger partial charge in [-0.1, -0.05) is 15.9 Å². The second kappa shape index (κ2) is 5.38. The van der Waals surface area contributed by atoms with Crippen molar-refractivity contribution in [3.8, 4) is 5.75 Å². The number of hydrogen-bond acceptors (Lipinski definition) is 3. The molecule has 0 saturated heterocycles. The van der Waals surface area contributed by atoms with Gasteiger partial charge in [-0.15, -0.1) is 0 Å². The van der Waals surface area contributed by atoms with E-state index in [4.69, 9.17) is 14.9 Å². The molecule has 17 heavy (non-hydrogen) atoms. The summed E-state index contributed by atoms with van der Waals surface area (Å²) in [4.78, 5) is 0. The van der Waals surface area contributed by atoms with Crippen molar-refractivity contribution in [3.05, 3.63) is 52.4 Å². The lowest BCUT2D eigenvalue weighted by molar-refractivity contribution is 0.267. The normalized spacial score (nSPS) is 12.4. The molecule has 90 valence electrons. The van der Waals surface area contributed by atoms with Crippen molar-refractivity contribution in [2.24, 2.45) is 5.73 Å². The average molecular weight is 296 g/mol. The van der Waals surface area contributed by atoms with Crippen LogP contribution in [0.5, 0.6) is 5.75 Å². The Balaban J connectivity index is 2.14. The Morgan fingerprint density at radius 2 is 2.24 bits per heavy atom. The first-order valence-corrected chi connectivity index (χ1v) is 6.16. The summed E-state index contributed by atoms with van der Waals surface area (Å²) >= 11 is 3.42. The monoisotopic (exact) mass is 295 g/mol. The maximum Gasteiger partial charge on any atom is 0.146 e. The van der Waals surface area contributed by atoms with Gasteiger partial charge in [0.15, 0.2) is 0 Å². The molecule has 0 bridgehead atoms. The molecule has 2 aromatic rings. The van der Waals surface area contributed by atoms with Gasteiger partial charge in [-0.2, -0.15) is 0 Å². The van der Waals surface area contributed by atoms with Crippen LogP contribution in [-0.4, -0.2) is 0 Å². The highest BCUT2D eigenvalue weighted by molar-refractivity contribution is 9.10. The van der Waals surface area contributed by atoms with Crippen LogP contribution < -0.4 is 10.5 Å². The van der Waals surface area contributed by atoms with E-state index in [0.29, 0.717) is 6.61 Å². The molecule has 0 aliphatic heterocycles. The van der Waals surface area contributed by atoms with E-state index in [-0.39, 0.29) is 6.04 Å². The quantitative estimate of drug-likeness (QED) is 0.937. The first-order chi connectivity index (χ1) is 8.16. The van der Waals surface area contributed by atoms with Crippen LogP contribution in [0.25, 0.3) is 0 Å². The number of ether oxygens (including phenoxy) is 1. The average Bonchev–Trinajstić information content (AvgIpc) is 2.80. The summed E-state index contributed by atoms with van der Waals surface area (Å²) < 4.78 is 11.9. The summed E-state index contributed by atoms with van der Waals surface area (Å²) in [5.41, 5.74) is 6.89. The number of hydrogen-bond donors (Lipinski definition) is 1. The molecule has 2 rings (SSSR count). The summed E-state index contributed by atoms with van der Waals surface area (Å²) in [6.45, 7) is 2.34. The molecule has 0 spiro atoms. The molecule has 3 nitrogen and oxygen atoms in total. The van der Waals surface area contributed by atoms with Crippen LogP contribution >= 0.6 is 15.9 Å². The van der Waals surface area contributed by atoms with E-state index in [1.165, 1.54) is 0 Å². The zero-order chi connectivity index (χ0) is 12.3. The molecule has 1 atom stereocenters. The van der Waals surface area contributed by atoms with Gasteiger partial charge in [-0.3, -0.25) is 0 Å². The smallest absolute Gasteiger partial charge is 0.146 e. The van der Waals surface area contributed by atoms with Crippen molar-refractivity contribution in [2.45, 2.75) is 19.6 Å². The highest BCUT2D eigenvalue weighted by Gasteiger charge is 2.09. The standard InChI is InChI=1S/C13H14BrNO2/c1-9(15)12-7-10(14)4-5-13(12)17-8-11-3-2-6-16-11/h2-7,9H,8,15H2,1H3. The van der Waals surface area contributed by atoms with E-state index in [1.54, 1.807) is 6.26 Å². The van der Waals surface area contributed by atoms with E-state index in [0.717, 1.165) is 21.5 Å².